The van der Waals surface area contributed by atoms with Crippen molar-refractivity contribution in [2.24, 2.45) is 0 Å². The smallest absolute Gasteiger partial charge is 0.279 e. The van der Waals surface area contributed by atoms with Gasteiger partial charge in [-0.05, 0) is 32.0 Å². The lowest BCUT2D eigenvalue weighted by Crippen LogP contribution is -3.16. The number of quaternary nitrogens is 1. The first-order valence-corrected chi connectivity index (χ1v) is 6.95. The summed E-state index contributed by atoms with van der Waals surface area (Å²) in [5, 5.41) is 3.50. The van der Waals surface area contributed by atoms with Crippen molar-refractivity contribution in [1.82, 2.24) is 0 Å². The summed E-state index contributed by atoms with van der Waals surface area (Å²) in [6.45, 7) is 6.29. The SMILES string of the molecule is C[C@@H]1C[NH+](CC(=O)Nc2cccc(Cl)c2)C[C@H](C)O1. The van der Waals surface area contributed by atoms with Gasteiger partial charge in [-0.2, -0.15) is 0 Å². The Kier molecular flexibility index (Phi) is 4.80. The molecule has 1 aliphatic heterocycles. The fourth-order valence-corrected chi connectivity index (χ4v) is 2.72. The van der Waals surface area contributed by atoms with Gasteiger partial charge in [0.2, 0.25) is 0 Å². The van der Waals surface area contributed by atoms with Crippen LogP contribution in [0.4, 0.5) is 5.69 Å². The minimum atomic E-state index is 0.0126. The summed E-state index contributed by atoms with van der Waals surface area (Å²) in [5.74, 6) is 0.0126. The van der Waals surface area contributed by atoms with Gasteiger partial charge < -0.3 is 15.0 Å². The number of morpholine rings is 1. The Labute approximate surface area is 118 Å². The highest BCUT2D eigenvalue weighted by Gasteiger charge is 2.27. The number of carbonyl (C=O) groups is 1. The summed E-state index contributed by atoms with van der Waals surface area (Å²) in [6.07, 6.45) is 0.412. The van der Waals surface area contributed by atoms with Crippen molar-refractivity contribution in [3.8, 4) is 0 Å². The van der Waals surface area contributed by atoms with Crippen LogP contribution in [0, 0.1) is 0 Å². The van der Waals surface area contributed by atoms with Crippen LogP contribution in [0.1, 0.15) is 13.8 Å². The summed E-state index contributed by atoms with van der Waals surface area (Å²) >= 11 is 5.89. The highest BCUT2D eigenvalue weighted by Crippen LogP contribution is 2.14. The molecule has 0 saturated carbocycles. The minimum absolute atomic E-state index is 0.0126. The number of hydrogen-bond acceptors (Lipinski definition) is 2. The molecule has 0 radical (unpaired) electrons. The van der Waals surface area contributed by atoms with Gasteiger partial charge >= 0.3 is 0 Å². The maximum absolute atomic E-state index is 12.0. The van der Waals surface area contributed by atoms with Gasteiger partial charge in [0.25, 0.3) is 5.91 Å². The number of nitrogens with one attached hydrogen (secondary N) is 2. The first-order chi connectivity index (χ1) is 9.02. The maximum atomic E-state index is 12.0. The molecule has 0 aliphatic carbocycles. The normalized spacial score (nSPS) is 27.0. The van der Waals surface area contributed by atoms with Crippen LogP contribution in [0.25, 0.3) is 0 Å². The van der Waals surface area contributed by atoms with Crippen LogP contribution in [0.2, 0.25) is 5.02 Å². The molecule has 0 aromatic heterocycles. The van der Waals surface area contributed by atoms with E-state index in [1.165, 1.54) is 4.90 Å². The summed E-state index contributed by atoms with van der Waals surface area (Å²) in [7, 11) is 0. The van der Waals surface area contributed by atoms with Gasteiger partial charge in [-0.25, -0.2) is 0 Å². The molecule has 19 heavy (non-hydrogen) atoms. The number of anilines is 1. The number of carbonyl (C=O) groups excluding carboxylic acids is 1. The van der Waals surface area contributed by atoms with Crippen LogP contribution >= 0.6 is 11.6 Å². The van der Waals surface area contributed by atoms with E-state index in [1.54, 1.807) is 12.1 Å². The second kappa shape index (κ2) is 6.37. The van der Waals surface area contributed by atoms with Crippen molar-refractivity contribution < 1.29 is 14.4 Å². The van der Waals surface area contributed by atoms with Gasteiger partial charge in [0.1, 0.15) is 25.3 Å². The Hall–Kier alpha value is -1.10. The first-order valence-electron chi connectivity index (χ1n) is 6.57. The molecular formula is C14H20ClN2O2+. The predicted octanol–water partition coefficient (Wildman–Crippen LogP) is 0.971. The lowest BCUT2D eigenvalue weighted by Gasteiger charge is -2.31. The van der Waals surface area contributed by atoms with E-state index in [0.717, 1.165) is 18.8 Å². The Morgan fingerprint density at radius 1 is 1.42 bits per heavy atom. The third-order valence-corrected chi connectivity index (χ3v) is 3.37. The Balaban J connectivity index is 1.87. The van der Waals surface area contributed by atoms with E-state index < -0.39 is 0 Å². The topological polar surface area (TPSA) is 42.8 Å². The summed E-state index contributed by atoms with van der Waals surface area (Å²) in [6, 6.07) is 7.19. The molecule has 1 saturated heterocycles. The molecule has 0 bridgehead atoms. The maximum Gasteiger partial charge on any atom is 0.279 e. The summed E-state index contributed by atoms with van der Waals surface area (Å²) in [4.78, 5) is 13.2. The zero-order valence-corrected chi connectivity index (χ0v) is 12.0. The predicted molar refractivity (Wildman–Crippen MR) is 75.7 cm³/mol. The standard InChI is InChI=1S/C14H19ClN2O2/c1-10-7-17(8-11(2)19-10)9-14(18)16-13-5-3-4-12(15)6-13/h3-6,10-11H,7-9H2,1-2H3,(H,16,18)/p+1/t10-,11+. The van der Waals surface area contributed by atoms with Crippen molar-refractivity contribution in [2.75, 3.05) is 25.0 Å². The van der Waals surface area contributed by atoms with E-state index in [2.05, 4.69) is 5.32 Å². The van der Waals surface area contributed by atoms with Crippen LogP contribution in [-0.4, -0.2) is 37.7 Å². The molecule has 3 atom stereocenters. The first kappa shape index (κ1) is 14.3. The average molecular weight is 284 g/mol. The second-order valence-electron chi connectivity index (χ2n) is 5.15. The molecule has 5 heteroatoms. The summed E-state index contributed by atoms with van der Waals surface area (Å²) in [5.41, 5.74) is 0.742. The monoisotopic (exact) mass is 283 g/mol. The summed E-state index contributed by atoms with van der Waals surface area (Å²) < 4.78 is 5.66. The third-order valence-electron chi connectivity index (χ3n) is 3.14. The largest absolute Gasteiger partial charge is 0.364 e. The number of hydrogen-bond donors (Lipinski definition) is 2. The zero-order chi connectivity index (χ0) is 13.8. The molecule has 1 fully saturated rings. The van der Waals surface area contributed by atoms with Crippen LogP contribution in [0.5, 0.6) is 0 Å². The van der Waals surface area contributed by atoms with E-state index in [-0.39, 0.29) is 18.1 Å². The number of ether oxygens (including phenoxy) is 1. The number of amides is 1. The van der Waals surface area contributed by atoms with E-state index in [0.29, 0.717) is 11.6 Å². The van der Waals surface area contributed by atoms with Crippen LogP contribution in [0.3, 0.4) is 0 Å². The lowest BCUT2D eigenvalue weighted by atomic mass is 10.2. The van der Waals surface area contributed by atoms with Gasteiger partial charge in [0.15, 0.2) is 6.54 Å². The number of halogens is 1. The van der Waals surface area contributed by atoms with Crippen LogP contribution < -0.4 is 10.2 Å². The highest BCUT2D eigenvalue weighted by molar-refractivity contribution is 6.30. The molecule has 4 nitrogen and oxygen atoms in total. The van der Waals surface area contributed by atoms with Crippen molar-refractivity contribution in [3.63, 3.8) is 0 Å². The van der Waals surface area contributed by atoms with Gasteiger partial charge in [-0.15, -0.1) is 0 Å². The Bertz CT molecular complexity index is 443. The fourth-order valence-electron chi connectivity index (χ4n) is 2.53. The molecule has 1 amide bonds. The van der Waals surface area contributed by atoms with Crippen LogP contribution in [-0.2, 0) is 9.53 Å². The van der Waals surface area contributed by atoms with E-state index in [4.69, 9.17) is 16.3 Å². The van der Waals surface area contributed by atoms with Crippen molar-refractivity contribution >= 4 is 23.2 Å². The fraction of sp³-hybridized carbons (Fsp3) is 0.500. The molecule has 2 N–H and O–H groups in total. The van der Waals surface area contributed by atoms with Gasteiger partial charge in [0, 0.05) is 10.7 Å². The van der Waals surface area contributed by atoms with Crippen molar-refractivity contribution in [1.29, 1.82) is 0 Å². The quantitative estimate of drug-likeness (QED) is 0.868. The van der Waals surface area contributed by atoms with E-state index in [1.807, 2.05) is 26.0 Å². The van der Waals surface area contributed by atoms with Crippen LogP contribution in [0.15, 0.2) is 24.3 Å². The Morgan fingerprint density at radius 3 is 2.74 bits per heavy atom. The van der Waals surface area contributed by atoms with E-state index >= 15 is 0 Å². The van der Waals surface area contributed by atoms with Gasteiger partial charge in [0.05, 0.1) is 0 Å². The second-order valence-corrected chi connectivity index (χ2v) is 5.59. The van der Waals surface area contributed by atoms with Crippen molar-refractivity contribution in [2.45, 2.75) is 26.1 Å². The highest BCUT2D eigenvalue weighted by atomic mass is 35.5. The van der Waals surface area contributed by atoms with Gasteiger partial charge in [-0.3, -0.25) is 4.79 Å². The molecular weight excluding hydrogens is 264 g/mol. The molecule has 2 rings (SSSR count). The molecule has 1 aliphatic rings. The molecule has 1 aromatic rings. The number of benzene rings is 1. The molecule has 1 unspecified atom stereocenters. The number of rotatable bonds is 3. The zero-order valence-electron chi connectivity index (χ0n) is 11.3. The average Bonchev–Trinajstić information content (AvgIpc) is 2.26. The van der Waals surface area contributed by atoms with Crippen molar-refractivity contribution in [3.05, 3.63) is 29.3 Å². The molecule has 1 aromatic carbocycles. The lowest BCUT2D eigenvalue weighted by molar-refractivity contribution is -0.907. The molecule has 1 heterocycles. The molecule has 0 spiro atoms. The molecule has 104 valence electrons. The Morgan fingerprint density at radius 2 is 2.11 bits per heavy atom. The van der Waals surface area contributed by atoms with Gasteiger partial charge in [-0.1, -0.05) is 17.7 Å². The van der Waals surface area contributed by atoms with E-state index in [9.17, 15) is 4.79 Å². The third kappa shape index (κ3) is 4.49. The minimum Gasteiger partial charge on any atom is -0.364 e.